The van der Waals surface area contributed by atoms with Gasteiger partial charge in [-0.05, 0) is 37.3 Å². The third kappa shape index (κ3) is 4.16. The van der Waals surface area contributed by atoms with Crippen molar-refractivity contribution in [3.05, 3.63) is 48.5 Å². The fraction of sp³-hybridized carbons (Fsp3) is 0.188. The molecule has 2 aromatic carbocycles. The van der Waals surface area contributed by atoms with Crippen LogP contribution in [0.1, 0.15) is 6.92 Å². The Balaban J connectivity index is 2.02. The number of rotatable bonds is 5. The fourth-order valence-electron chi connectivity index (χ4n) is 1.82. The van der Waals surface area contributed by atoms with E-state index in [1.54, 1.807) is 19.2 Å². The Morgan fingerprint density at radius 2 is 2.00 bits per heavy atom. The number of methoxy groups -OCH3 is 1. The van der Waals surface area contributed by atoms with E-state index in [0.717, 1.165) is 10.6 Å². The Labute approximate surface area is 128 Å². The summed E-state index contributed by atoms with van der Waals surface area (Å²) in [5.74, 6) is 0.697. The zero-order valence-corrected chi connectivity index (χ0v) is 12.8. The van der Waals surface area contributed by atoms with Crippen LogP contribution < -0.4 is 15.8 Å². The molecule has 4 nitrogen and oxygen atoms in total. The van der Waals surface area contributed by atoms with Gasteiger partial charge in [0.1, 0.15) is 5.75 Å². The molecule has 0 aromatic heterocycles. The minimum Gasteiger partial charge on any atom is -0.496 e. The van der Waals surface area contributed by atoms with Gasteiger partial charge >= 0.3 is 0 Å². The Kier molecular flexibility index (Phi) is 5.11. The topological polar surface area (TPSA) is 64.3 Å². The number of para-hydroxylation sites is 1. The molecule has 0 aliphatic carbocycles. The van der Waals surface area contributed by atoms with Gasteiger partial charge in [-0.2, -0.15) is 0 Å². The van der Waals surface area contributed by atoms with Crippen LogP contribution in [0.4, 0.5) is 11.4 Å². The van der Waals surface area contributed by atoms with Gasteiger partial charge in [-0.15, -0.1) is 11.8 Å². The lowest BCUT2D eigenvalue weighted by Crippen LogP contribution is -2.22. The summed E-state index contributed by atoms with van der Waals surface area (Å²) in [5.41, 5.74) is 7.02. The highest BCUT2D eigenvalue weighted by Crippen LogP contribution is 2.32. The molecule has 0 aliphatic heterocycles. The number of nitrogens with two attached hydrogens (primary N) is 1. The molecular formula is C16H18N2O2S. The van der Waals surface area contributed by atoms with Crippen molar-refractivity contribution >= 4 is 29.0 Å². The Bertz CT molecular complexity index is 631. The third-order valence-corrected chi connectivity index (χ3v) is 4.06. The number of nitrogen functional groups attached to an aromatic ring is 1. The molecule has 0 fully saturated rings. The summed E-state index contributed by atoms with van der Waals surface area (Å²) < 4.78 is 5.29. The van der Waals surface area contributed by atoms with Crippen LogP contribution in [-0.4, -0.2) is 18.3 Å². The predicted molar refractivity (Wildman–Crippen MR) is 87.8 cm³/mol. The lowest BCUT2D eigenvalue weighted by molar-refractivity contribution is -0.115. The number of hydrogen-bond acceptors (Lipinski definition) is 4. The SMILES string of the molecule is COc1ccccc1SC(C)C(=O)Nc1cccc(N)c1. The molecular weight excluding hydrogens is 284 g/mol. The van der Waals surface area contributed by atoms with Crippen molar-refractivity contribution in [1.82, 2.24) is 0 Å². The second-order valence-corrected chi connectivity index (χ2v) is 5.91. The lowest BCUT2D eigenvalue weighted by Gasteiger charge is -2.14. The molecule has 1 unspecified atom stereocenters. The van der Waals surface area contributed by atoms with E-state index in [1.165, 1.54) is 11.8 Å². The number of benzene rings is 2. The van der Waals surface area contributed by atoms with Crippen molar-refractivity contribution < 1.29 is 9.53 Å². The molecule has 2 aromatic rings. The van der Waals surface area contributed by atoms with E-state index in [2.05, 4.69) is 5.32 Å². The summed E-state index contributed by atoms with van der Waals surface area (Å²) in [6.07, 6.45) is 0. The molecule has 0 radical (unpaired) electrons. The molecule has 0 heterocycles. The average molecular weight is 302 g/mol. The number of carbonyl (C=O) groups is 1. The van der Waals surface area contributed by atoms with Gasteiger partial charge in [0.05, 0.1) is 17.3 Å². The fourth-order valence-corrected chi connectivity index (χ4v) is 2.79. The second-order valence-electron chi connectivity index (χ2n) is 4.53. The largest absolute Gasteiger partial charge is 0.496 e. The molecule has 0 saturated heterocycles. The van der Waals surface area contributed by atoms with Crippen LogP contribution in [0.15, 0.2) is 53.4 Å². The number of hydrogen-bond donors (Lipinski definition) is 2. The number of ether oxygens (including phenoxy) is 1. The molecule has 0 bridgehead atoms. The first-order valence-corrected chi connectivity index (χ1v) is 7.44. The molecule has 5 heteroatoms. The Morgan fingerprint density at radius 3 is 2.71 bits per heavy atom. The van der Waals surface area contributed by atoms with Crippen molar-refractivity contribution in [2.24, 2.45) is 0 Å². The van der Waals surface area contributed by atoms with E-state index >= 15 is 0 Å². The predicted octanol–water partition coefficient (Wildman–Crippen LogP) is 3.40. The highest BCUT2D eigenvalue weighted by Gasteiger charge is 2.16. The van der Waals surface area contributed by atoms with Crippen LogP contribution in [0.25, 0.3) is 0 Å². The van der Waals surface area contributed by atoms with Crippen molar-refractivity contribution in [1.29, 1.82) is 0 Å². The van der Waals surface area contributed by atoms with Crippen molar-refractivity contribution in [2.45, 2.75) is 17.1 Å². The van der Waals surface area contributed by atoms with E-state index in [9.17, 15) is 4.79 Å². The zero-order valence-electron chi connectivity index (χ0n) is 12.0. The van der Waals surface area contributed by atoms with E-state index in [4.69, 9.17) is 10.5 Å². The van der Waals surface area contributed by atoms with Crippen LogP contribution in [0.2, 0.25) is 0 Å². The standard InChI is InChI=1S/C16H18N2O2S/c1-11(21-15-9-4-3-8-14(15)20-2)16(19)18-13-7-5-6-12(17)10-13/h3-11H,17H2,1-2H3,(H,18,19). The Hall–Kier alpha value is -2.14. The van der Waals surface area contributed by atoms with Gasteiger partial charge < -0.3 is 15.8 Å². The molecule has 0 saturated carbocycles. The van der Waals surface area contributed by atoms with E-state index < -0.39 is 0 Å². The lowest BCUT2D eigenvalue weighted by atomic mass is 10.3. The molecule has 1 amide bonds. The highest BCUT2D eigenvalue weighted by atomic mass is 32.2. The molecule has 0 spiro atoms. The van der Waals surface area contributed by atoms with Gasteiger partial charge in [-0.3, -0.25) is 4.79 Å². The van der Waals surface area contributed by atoms with Gasteiger partial charge in [-0.1, -0.05) is 18.2 Å². The van der Waals surface area contributed by atoms with Gasteiger partial charge in [-0.25, -0.2) is 0 Å². The van der Waals surface area contributed by atoms with Crippen LogP contribution in [0.5, 0.6) is 5.75 Å². The third-order valence-electron chi connectivity index (χ3n) is 2.90. The van der Waals surface area contributed by atoms with Gasteiger partial charge in [0.15, 0.2) is 0 Å². The molecule has 110 valence electrons. The molecule has 21 heavy (non-hydrogen) atoms. The monoisotopic (exact) mass is 302 g/mol. The minimum atomic E-state index is -0.247. The van der Waals surface area contributed by atoms with Crippen LogP contribution >= 0.6 is 11.8 Å². The number of carbonyl (C=O) groups excluding carboxylic acids is 1. The minimum absolute atomic E-state index is 0.0727. The summed E-state index contributed by atoms with van der Waals surface area (Å²) >= 11 is 1.46. The summed E-state index contributed by atoms with van der Waals surface area (Å²) in [7, 11) is 1.62. The maximum Gasteiger partial charge on any atom is 0.237 e. The maximum absolute atomic E-state index is 12.2. The normalized spacial score (nSPS) is 11.7. The maximum atomic E-state index is 12.2. The molecule has 1 atom stereocenters. The average Bonchev–Trinajstić information content (AvgIpc) is 2.47. The first kappa shape index (κ1) is 15.3. The van der Waals surface area contributed by atoms with E-state index in [1.807, 2.05) is 43.3 Å². The Morgan fingerprint density at radius 1 is 1.24 bits per heavy atom. The van der Waals surface area contributed by atoms with Crippen LogP contribution in [0.3, 0.4) is 0 Å². The molecule has 0 aliphatic rings. The highest BCUT2D eigenvalue weighted by molar-refractivity contribution is 8.00. The molecule has 3 N–H and O–H groups in total. The summed E-state index contributed by atoms with van der Waals surface area (Å²) in [5, 5.41) is 2.61. The number of anilines is 2. The number of amides is 1. The quantitative estimate of drug-likeness (QED) is 0.656. The summed E-state index contributed by atoms with van der Waals surface area (Å²) in [6.45, 7) is 1.86. The van der Waals surface area contributed by atoms with Gasteiger partial charge in [0, 0.05) is 11.4 Å². The first-order valence-electron chi connectivity index (χ1n) is 6.56. The summed E-state index contributed by atoms with van der Waals surface area (Å²) in [4.78, 5) is 13.2. The van der Waals surface area contributed by atoms with E-state index in [0.29, 0.717) is 11.4 Å². The first-order chi connectivity index (χ1) is 10.1. The zero-order chi connectivity index (χ0) is 15.2. The second kappa shape index (κ2) is 7.04. The van der Waals surface area contributed by atoms with Crippen molar-refractivity contribution in [3.8, 4) is 5.75 Å². The molecule has 2 rings (SSSR count). The van der Waals surface area contributed by atoms with Crippen molar-refractivity contribution in [3.63, 3.8) is 0 Å². The van der Waals surface area contributed by atoms with Crippen molar-refractivity contribution in [2.75, 3.05) is 18.2 Å². The van der Waals surface area contributed by atoms with Crippen LogP contribution in [0, 0.1) is 0 Å². The number of thioether (sulfide) groups is 1. The van der Waals surface area contributed by atoms with E-state index in [-0.39, 0.29) is 11.2 Å². The smallest absolute Gasteiger partial charge is 0.237 e. The number of nitrogens with one attached hydrogen (secondary N) is 1. The summed E-state index contributed by atoms with van der Waals surface area (Å²) in [6, 6.07) is 14.8. The van der Waals surface area contributed by atoms with Crippen LogP contribution in [-0.2, 0) is 4.79 Å². The van der Waals surface area contributed by atoms with Gasteiger partial charge in [0.2, 0.25) is 5.91 Å². The van der Waals surface area contributed by atoms with Gasteiger partial charge in [0.25, 0.3) is 0 Å².